The Hall–Kier alpha value is -0.890. The van der Waals surface area contributed by atoms with Gasteiger partial charge >= 0.3 is 35.5 Å². The average molecular weight is 426 g/mol. The largest absolute Gasteiger partial charge is 1.00 e. The van der Waals surface area contributed by atoms with E-state index in [2.05, 4.69) is 10.1 Å². The molecule has 0 spiro atoms. The van der Waals surface area contributed by atoms with Gasteiger partial charge < -0.3 is 20.0 Å². The molecule has 1 aromatic rings. The van der Waals surface area contributed by atoms with E-state index in [9.17, 15) is 14.4 Å². The summed E-state index contributed by atoms with van der Waals surface area (Å²) in [5, 5.41) is 11.6. The summed E-state index contributed by atoms with van der Waals surface area (Å²) in [6.07, 6.45) is 5.57. The Morgan fingerprint density at radius 3 is 2.15 bits per heavy atom. The van der Waals surface area contributed by atoms with Crippen molar-refractivity contribution in [2.24, 2.45) is 5.92 Å². The van der Waals surface area contributed by atoms with Gasteiger partial charge in [0.15, 0.2) is 0 Å². The van der Waals surface area contributed by atoms with Crippen molar-refractivity contribution < 1.29 is 53.8 Å². The molecule has 27 heavy (non-hydrogen) atoms. The van der Waals surface area contributed by atoms with E-state index in [0.29, 0.717) is 15.7 Å². The van der Waals surface area contributed by atoms with Crippen LogP contribution < -0.4 is 34.9 Å². The maximum absolute atomic E-state index is 11.4. The van der Waals surface area contributed by atoms with Crippen LogP contribution in [0.1, 0.15) is 26.7 Å². The summed E-state index contributed by atoms with van der Waals surface area (Å²) in [4.78, 5) is 31.9. The number of hydrogen-bond acceptors (Lipinski definition) is 4. The summed E-state index contributed by atoms with van der Waals surface area (Å²) in [7, 11) is 1.24. The molecule has 0 saturated carbocycles. The Morgan fingerprint density at radius 1 is 1.26 bits per heavy atom. The molecule has 1 amide bonds. The van der Waals surface area contributed by atoms with E-state index in [1.54, 1.807) is 6.08 Å². The van der Waals surface area contributed by atoms with Gasteiger partial charge in [-0.2, -0.15) is 0 Å². The molecular weight excluding hydrogens is 404 g/mol. The number of carboxylic acid groups (broad SMARTS) is 1. The number of ether oxygens (including phenoxy) is 1. The number of nitrogens with one attached hydrogen (secondary N) is 1. The number of carbonyl (C=O) groups excluding carboxylic acids is 2. The molecule has 9 heteroatoms. The van der Waals surface area contributed by atoms with Crippen molar-refractivity contribution in [2.75, 3.05) is 12.4 Å². The smallest absolute Gasteiger partial charge is 0.539 e. The minimum atomic E-state index is -1.27. The van der Waals surface area contributed by atoms with E-state index in [4.69, 9.17) is 28.3 Å². The third kappa shape index (κ3) is 11.5. The second kappa shape index (κ2) is 16.1. The monoisotopic (exact) mass is 425 g/mol. The molecule has 1 unspecified atom stereocenters. The van der Waals surface area contributed by atoms with Crippen LogP contribution in [0.25, 0.3) is 0 Å². The zero-order chi connectivity index (χ0) is 20.1. The normalized spacial score (nSPS) is 15.1. The van der Waals surface area contributed by atoms with Gasteiger partial charge in [0.05, 0.1) is 5.92 Å². The van der Waals surface area contributed by atoms with E-state index < -0.39 is 18.0 Å². The Bertz CT molecular complexity index is 620. The van der Waals surface area contributed by atoms with Crippen LogP contribution in [0, 0.1) is 5.92 Å². The van der Waals surface area contributed by atoms with Crippen LogP contribution >= 0.6 is 23.2 Å². The molecule has 0 saturated heterocycles. The van der Waals surface area contributed by atoms with Crippen LogP contribution in [0.2, 0.25) is 10.0 Å². The molecule has 0 aliphatic heterocycles. The number of hydrogen-bond donors (Lipinski definition) is 2. The van der Waals surface area contributed by atoms with Gasteiger partial charge in [-0.3, -0.25) is 9.59 Å². The molecular formula is C18H22Cl2NNaO5. The fourth-order valence-electron chi connectivity index (χ4n) is 1.88. The molecule has 0 bridgehead atoms. The van der Waals surface area contributed by atoms with Gasteiger partial charge in [-0.25, -0.2) is 6.29 Å². The van der Waals surface area contributed by atoms with Gasteiger partial charge in [-0.05, 0) is 31.0 Å². The van der Waals surface area contributed by atoms with Crippen molar-refractivity contribution in [3.8, 4) is 0 Å². The number of benzene rings is 1. The van der Waals surface area contributed by atoms with Gasteiger partial charge in [0.25, 0.3) is 0 Å². The molecule has 1 aromatic carbocycles. The number of amides is 1. The number of halogens is 2. The van der Waals surface area contributed by atoms with E-state index in [1.165, 1.54) is 31.6 Å². The molecule has 1 aliphatic carbocycles. The molecule has 0 aromatic heterocycles. The Balaban J connectivity index is 0. The zero-order valence-electron chi connectivity index (χ0n) is 15.8. The van der Waals surface area contributed by atoms with Crippen LogP contribution in [0.5, 0.6) is 0 Å². The molecule has 2 N–H and O–H groups in total. The maximum Gasteiger partial charge on any atom is 1.00 e. The zero-order valence-corrected chi connectivity index (χ0v) is 19.3. The molecule has 2 atom stereocenters. The van der Waals surface area contributed by atoms with E-state index in [1.807, 2.05) is 19.9 Å². The van der Waals surface area contributed by atoms with Crippen LogP contribution in [-0.4, -0.2) is 36.5 Å². The van der Waals surface area contributed by atoms with Crippen molar-refractivity contribution in [3.63, 3.8) is 0 Å². The van der Waals surface area contributed by atoms with Crippen LogP contribution in [0.3, 0.4) is 0 Å². The summed E-state index contributed by atoms with van der Waals surface area (Å²) >= 11 is 11.5. The number of carboxylic acids is 1. The number of aliphatic carboxylic acids is 1. The molecule has 0 heterocycles. The molecule has 6 nitrogen and oxygen atoms in total. The fraction of sp³-hybridized carbons (Fsp3) is 0.389. The van der Waals surface area contributed by atoms with E-state index >= 15 is 0 Å². The molecule has 1 aliphatic rings. The van der Waals surface area contributed by atoms with Crippen molar-refractivity contribution in [1.82, 2.24) is 0 Å². The molecule has 2 rings (SSSR count). The van der Waals surface area contributed by atoms with Crippen LogP contribution in [-0.2, 0) is 19.1 Å². The van der Waals surface area contributed by atoms with Gasteiger partial charge in [0.1, 0.15) is 0 Å². The summed E-state index contributed by atoms with van der Waals surface area (Å²) in [6.45, 7) is 4.00. The number of methoxy groups -OCH3 is 1. The van der Waals surface area contributed by atoms with Gasteiger partial charge in [0.2, 0.25) is 5.91 Å². The quantitative estimate of drug-likeness (QED) is 0.319. The topological polar surface area (TPSA) is 92.7 Å². The first-order chi connectivity index (χ1) is 12.4. The Kier molecular flexibility index (Phi) is 16.9. The van der Waals surface area contributed by atoms with Crippen molar-refractivity contribution in [2.45, 2.75) is 32.8 Å². The first-order valence-corrected chi connectivity index (χ1v) is 8.70. The Labute approximate surface area is 191 Å². The molecule has 0 fully saturated rings. The number of anilines is 1. The molecule has 144 valence electrons. The van der Waals surface area contributed by atoms with Gasteiger partial charge in [0, 0.05) is 28.9 Å². The van der Waals surface area contributed by atoms with Gasteiger partial charge in [-0.1, -0.05) is 49.2 Å². The van der Waals surface area contributed by atoms with Gasteiger partial charge in [-0.15, -0.1) is 0 Å². The SMILES string of the molecule is CC.COC([C-]=O)C(=O)Nc1cc(Cl)cc(Cl)c1.O=C(O)[C@@H]1C=CCC1.[Na+]. The van der Waals surface area contributed by atoms with Crippen molar-refractivity contribution in [1.29, 1.82) is 0 Å². The number of rotatable bonds is 5. The third-order valence-corrected chi connectivity index (χ3v) is 3.48. The second-order valence-electron chi connectivity index (χ2n) is 4.83. The average Bonchev–Trinajstić information content (AvgIpc) is 3.12. The summed E-state index contributed by atoms with van der Waals surface area (Å²) < 4.78 is 4.59. The minimum absolute atomic E-state index is 0. The first kappa shape index (κ1) is 28.3. The Morgan fingerprint density at radius 2 is 1.81 bits per heavy atom. The standard InChI is InChI=1S/C10H8Cl2NO3.C6H8O2.C2H6.Na/c1-16-9(5-14)10(15)13-8-3-6(11)2-7(12)4-8;7-6(8)5-3-1-2-4-5;1-2;/h2-4,9H,1H3,(H,13,15);1,3,5H,2,4H2,(H,7,8);1-2H3;/q-1;;;+1/t;5-;;/m.1../s1. The van der Waals surface area contributed by atoms with Crippen LogP contribution in [0.15, 0.2) is 30.4 Å². The fourth-order valence-corrected chi connectivity index (χ4v) is 2.41. The van der Waals surface area contributed by atoms with Crippen molar-refractivity contribution >= 4 is 47.1 Å². The molecule has 0 radical (unpaired) electrons. The summed E-state index contributed by atoms with van der Waals surface area (Å²) in [6, 6.07) is 4.53. The van der Waals surface area contributed by atoms with Crippen LogP contribution in [0.4, 0.5) is 5.69 Å². The second-order valence-corrected chi connectivity index (χ2v) is 5.70. The summed E-state index contributed by atoms with van der Waals surface area (Å²) in [5.74, 6) is -1.52. The van der Waals surface area contributed by atoms with E-state index in [0.717, 1.165) is 12.8 Å². The number of carbonyl (C=O) groups is 2. The summed E-state index contributed by atoms with van der Waals surface area (Å²) in [5.41, 5.74) is 0.389. The minimum Gasteiger partial charge on any atom is -0.539 e. The van der Waals surface area contributed by atoms with Crippen molar-refractivity contribution in [3.05, 3.63) is 40.4 Å². The van der Waals surface area contributed by atoms with E-state index in [-0.39, 0.29) is 35.5 Å². The predicted octanol–water partition coefficient (Wildman–Crippen LogP) is 1.12. The third-order valence-electron chi connectivity index (χ3n) is 3.04. The number of allylic oxidation sites excluding steroid dienone is 1. The maximum atomic E-state index is 11.4. The first-order valence-electron chi connectivity index (χ1n) is 7.94. The predicted molar refractivity (Wildman–Crippen MR) is 102 cm³/mol.